The van der Waals surface area contributed by atoms with Crippen molar-refractivity contribution in [3.63, 3.8) is 0 Å². The van der Waals surface area contributed by atoms with Crippen molar-refractivity contribution in [2.24, 2.45) is 18.9 Å². The van der Waals surface area contributed by atoms with Crippen molar-refractivity contribution >= 4 is 22.8 Å². The van der Waals surface area contributed by atoms with E-state index >= 15 is 0 Å². The third kappa shape index (κ3) is 3.16. The van der Waals surface area contributed by atoms with Crippen LogP contribution in [0.1, 0.15) is 25.3 Å². The molecular formula is C19H24N2O3. The number of aliphatic carboxylic acids is 1. The largest absolute Gasteiger partial charge is 0.481 e. The number of benzene rings is 1. The molecule has 2 atom stereocenters. The van der Waals surface area contributed by atoms with Gasteiger partial charge in [0, 0.05) is 43.7 Å². The van der Waals surface area contributed by atoms with Crippen molar-refractivity contribution in [2.45, 2.75) is 26.2 Å². The molecule has 2 heterocycles. The zero-order valence-electron chi connectivity index (χ0n) is 14.2. The first-order valence-electron chi connectivity index (χ1n) is 8.51. The number of carboxylic acid groups (broad SMARTS) is 1. The van der Waals surface area contributed by atoms with Crippen molar-refractivity contribution in [1.29, 1.82) is 0 Å². The van der Waals surface area contributed by atoms with Gasteiger partial charge in [0.2, 0.25) is 5.91 Å². The van der Waals surface area contributed by atoms with E-state index in [1.165, 1.54) is 16.5 Å². The monoisotopic (exact) mass is 328 g/mol. The highest BCUT2D eigenvalue weighted by Crippen LogP contribution is 2.25. The van der Waals surface area contributed by atoms with Gasteiger partial charge in [0.05, 0.1) is 5.92 Å². The zero-order chi connectivity index (χ0) is 17.3. The van der Waals surface area contributed by atoms with Gasteiger partial charge in [0.1, 0.15) is 0 Å². The van der Waals surface area contributed by atoms with Crippen LogP contribution >= 0.6 is 0 Å². The molecule has 1 aromatic carbocycles. The van der Waals surface area contributed by atoms with E-state index in [2.05, 4.69) is 22.9 Å². The predicted molar refractivity (Wildman–Crippen MR) is 92.7 cm³/mol. The summed E-state index contributed by atoms with van der Waals surface area (Å²) in [6, 6.07) is 8.21. The Kier molecular flexibility index (Phi) is 4.60. The Morgan fingerprint density at radius 2 is 2.04 bits per heavy atom. The summed E-state index contributed by atoms with van der Waals surface area (Å²) in [5.74, 6) is -0.936. The van der Waals surface area contributed by atoms with E-state index in [-0.39, 0.29) is 17.7 Å². The minimum atomic E-state index is -0.745. The molecule has 1 saturated heterocycles. The van der Waals surface area contributed by atoms with Crippen molar-refractivity contribution in [2.75, 3.05) is 13.1 Å². The van der Waals surface area contributed by atoms with Gasteiger partial charge >= 0.3 is 5.97 Å². The number of aryl methyl sites for hydroxylation is 2. The van der Waals surface area contributed by atoms with E-state index in [0.717, 1.165) is 0 Å². The van der Waals surface area contributed by atoms with E-state index in [9.17, 15) is 14.7 Å². The summed E-state index contributed by atoms with van der Waals surface area (Å²) >= 11 is 0. The van der Waals surface area contributed by atoms with Crippen LogP contribution < -0.4 is 0 Å². The van der Waals surface area contributed by atoms with Crippen LogP contribution in [0.3, 0.4) is 0 Å². The molecule has 0 bridgehead atoms. The molecule has 5 heteroatoms. The van der Waals surface area contributed by atoms with Crippen LogP contribution in [0.5, 0.6) is 0 Å². The van der Waals surface area contributed by atoms with Gasteiger partial charge in [-0.15, -0.1) is 0 Å². The summed E-state index contributed by atoms with van der Waals surface area (Å²) in [6.45, 7) is 3.02. The van der Waals surface area contributed by atoms with E-state index < -0.39 is 5.97 Å². The lowest BCUT2D eigenvalue weighted by atomic mass is 9.87. The first-order valence-corrected chi connectivity index (χ1v) is 8.51. The fourth-order valence-corrected chi connectivity index (χ4v) is 3.76. The third-order valence-corrected chi connectivity index (χ3v) is 5.16. The molecule has 3 rings (SSSR count). The maximum absolute atomic E-state index is 12.5. The second-order valence-electron chi connectivity index (χ2n) is 6.83. The Morgan fingerprint density at radius 3 is 2.75 bits per heavy atom. The number of hydrogen-bond donors (Lipinski definition) is 1. The quantitative estimate of drug-likeness (QED) is 0.938. The molecule has 2 aromatic rings. The van der Waals surface area contributed by atoms with Gasteiger partial charge in [-0.3, -0.25) is 9.59 Å². The molecular weight excluding hydrogens is 304 g/mol. The van der Waals surface area contributed by atoms with Crippen molar-refractivity contribution in [3.8, 4) is 0 Å². The van der Waals surface area contributed by atoms with Crippen molar-refractivity contribution < 1.29 is 14.7 Å². The fourth-order valence-electron chi connectivity index (χ4n) is 3.76. The maximum Gasteiger partial charge on any atom is 0.306 e. The smallest absolute Gasteiger partial charge is 0.306 e. The Morgan fingerprint density at radius 1 is 1.29 bits per heavy atom. The Hall–Kier alpha value is -2.30. The molecule has 1 aliphatic heterocycles. The fraction of sp³-hybridized carbons (Fsp3) is 0.474. The third-order valence-electron chi connectivity index (χ3n) is 5.16. The molecule has 1 aliphatic rings. The maximum atomic E-state index is 12.5. The van der Waals surface area contributed by atoms with Crippen molar-refractivity contribution in [1.82, 2.24) is 9.47 Å². The van der Waals surface area contributed by atoms with Gasteiger partial charge in [-0.05, 0) is 30.4 Å². The standard InChI is InChI=1S/C19H24N2O3/c1-13-11-21(10-9-15(13)19(23)24)18(22)8-7-14-12-20(2)17-6-4-3-5-16(14)17/h3-6,12-13,15H,7-11H2,1-2H3,(H,23,24). The second kappa shape index (κ2) is 6.67. The van der Waals surface area contributed by atoms with Crippen LogP contribution in [-0.2, 0) is 23.1 Å². The van der Waals surface area contributed by atoms with Gasteiger partial charge in [-0.25, -0.2) is 0 Å². The molecule has 0 radical (unpaired) electrons. The number of likely N-dealkylation sites (tertiary alicyclic amines) is 1. The number of piperidine rings is 1. The minimum absolute atomic E-state index is 0.0118. The number of para-hydroxylation sites is 1. The molecule has 0 saturated carbocycles. The lowest BCUT2D eigenvalue weighted by Crippen LogP contribution is -2.45. The Balaban J connectivity index is 1.62. The number of carbonyl (C=O) groups excluding carboxylic acids is 1. The van der Waals surface area contributed by atoms with E-state index in [4.69, 9.17) is 0 Å². The molecule has 1 N–H and O–H groups in total. The molecule has 128 valence electrons. The van der Waals surface area contributed by atoms with Crippen LogP contribution in [0, 0.1) is 11.8 Å². The van der Waals surface area contributed by atoms with Gasteiger partial charge in [0.25, 0.3) is 0 Å². The number of carbonyl (C=O) groups is 2. The topological polar surface area (TPSA) is 62.5 Å². The Bertz CT molecular complexity index is 765. The highest BCUT2D eigenvalue weighted by Gasteiger charge is 2.32. The van der Waals surface area contributed by atoms with E-state index in [1.54, 1.807) is 0 Å². The van der Waals surface area contributed by atoms with Gasteiger partial charge in [0.15, 0.2) is 0 Å². The van der Waals surface area contributed by atoms with Crippen LogP contribution in [0.25, 0.3) is 10.9 Å². The first-order chi connectivity index (χ1) is 11.5. The minimum Gasteiger partial charge on any atom is -0.481 e. The number of rotatable bonds is 4. The lowest BCUT2D eigenvalue weighted by Gasteiger charge is -2.35. The van der Waals surface area contributed by atoms with Crippen LogP contribution in [0.15, 0.2) is 30.5 Å². The van der Waals surface area contributed by atoms with E-state index in [1.807, 2.05) is 31.0 Å². The van der Waals surface area contributed by atoms with Crippen LogP contribution in [-0.4, -0.2) is 39.5 Å². The molecule has 1 aromatic heterocycles. The molecule has 1 amide bonds. The van der Waals surface area contributed by atoms with Crippen LogP contribution in [0.2, 0.25) is 0 Å². The highest BCUT2D eigenvalue weighted by molar-refractivity contribution is 5.85. The number of hydrogen-bond acceptors (Lipinski definition) is 2. The summed E-state index contributed by atoms with van der Waals surface area (Å²) in [7, 11) is 2.02. The first kappa shape index (κ1) is 16.6. The molecule has 5 nitrogen and oxygen atoms in total. The Labute approximate surface area is 141 Å². The number of nitrogens with zero attached hydrogens (tertiary/aromatic N) is 2. The SMILES string of the molecule is CC1CN(C(=O)CCc2cn(C)c3ccccc23)CCC1C(=O)O. The number of amides is 1. The second-order valence-corrected chi connectivity index (χ2v) is 6.83. The molecule has 24 heavy (non-hydrogen) atoms. The van der Waals surface area contributed by atoms with Crippen LogP contribution in [0.4, 0.5) is 0 Å². The van der Waals surface area contributed by atoms with Gasteiger partial charge in [-0.2, -0.15) is 0 Å². The van der Waals surface area contributed by atoms with Gasteiger partial charge in [-0.1, -0.05) is 25.1 Å². The summed E-state index contributed by atoms with van der Waals surface area (Å²) in [5, 5.41) is 10.4. The highest BCUT2D eigenvalue weighted by atomic mass is 16.4. The number of carboxylic acids is 1. The van der Waals surface area contributed by atoms with Gasteiger partial charge < -0.3 is 14.6 Å². The molecule has 2 unspecified atom stereocenters. The summed E-state index contributed by atoms with van der Waals surface area (Å²) in [4.78, 5) is 25.5. The molecule has 1 fully saturated rings. The lowest BCUT2D eigenvalue weighted by molar-refractivity contribution is -0.148. The average Bonchev–Trinajstić information content (AvgIpc) is 2.89. The summed E-state index contributed by atoms with van der Waals surface area (Å²) in [5.41, 5.74) is 2.37. The number of aromatic nitrogens is 1. The number of fused-ring (bicyclic) bond motifs is 1. The predicted octanol–water partition coefficient (Wildman–Crippen LogP) is 2.68. The van der Waals surface area contributed by atoms with E-state index in [0.29, 0.717) is 32.4 Å². The normalized spacial score (nSPS) is 21.2. The summed E-state index contributed by atoms with van der Waals surface area (Å²) in [6.07, 6.45) is 3.83. The summed E-state index contributed by atoms with van der Waals surface area (Å²) < 4.78 is 2.09. The van der Waals surface area contributed by atoms with Crippen molar-refractivity contribution in [3.05, 3.63) is 36.0 Å². The molecule has 0 spiro atoms. The molecule has 0 aliphatic carbocycles. The zero-order valence-corrected chi connectivity index (χ0v) is 14.2. The average molecular weight is 328 g/mol.